The molecule has 0 amide bonds. The van der Waals surface area contributed by atoms with Crippen LogP contribution in [0.15, 0.2) is 0 Å². The molecule has 0 aliphatic carbocycles. The molecule has 1 aliphatic rings. The van der Waals surface area contributed by atoms with E-state index in [1.807, 2.05) is 25.3 Å². The van der Waals surface area contributed by atoms with Crippen LogP contribution < -0.4 is 10.5 Å². The van der Waals surface area contributed by atoms with Gasteiger partial charge in [0.25, 0.3) is 0 Å². The van der Waals surface area contributed by atoms with Gasteiger partial charge in [0.05, 0.1) is 19.8 Å². The topological polar surface area (TPSA) is 108 Å². The molecule has 0 saturated carbocycles. The number of aliphatic hydroxyl groups is 1. The highest BCUT2D eigenvalue weighted by atomic mass is 16.5. The number of anilines is 1. The van der Waals surface area contributed by atoms with E-state index in [0.717, 1.165) is 12.2 Å². The SMILES string of the molecule is CC.COc1nc(N)nc2c1nc(C)n2C1OC(CO)CC1C. The maximum absolute atomic E-state index is 9.29. The lowest BCUT2D eigenvalue weighted by atomic mass is 10.1. The van der Waals surface area contributed by atoms with E-state index in [1.165, 1.54) is 7.11 Å². The van der Waals surface area contributed by atoms with Gasteiger partial charge in [-0.2, -0.15) is 9.97 Å². The first-order chi connectivity index (χ1) is 11.0. The number of imidazole rings is 1. The van der Waals surface area contributed by atoms with Crippen molar-refractivity contribution in [3.05, 3.63) is 5.82 Å². The summed E-state index contributed by atoms with van der Waals surface area (Å²) in [6.45, 7) is 7.96. The summed E-state index contributed by atoms with van der Waals surface area (Å²) in [5.41, 5.74) is 6.89. The summed E-state index contributed by atoms with van der Waals surface area (Å²) in [5, 5.41) is 9.29. The molecule has 1 aliphatic heterocycles. The van der Waals surface area contributed by atoms with Crippen LogP contribution in [0.1, 0.15) is 39.2 Å². The van der Waals surface area contributed by atoms with Crippen molar-refractivity contribution in [2.45, 2.75) is 46.4 Å². The first-order valence-corrected chi connectivity index (χ1v) is 7.87. The van der Waals surface area contributed by atoms with Crippen LogP contribution in [0.2, 0.25) is 0 Å². The summed E-state index contributed by atoms with van der Waals surface area (Å²) >= 11 is 0. The zero-order valence-electron chi connectivity index (χ0n) is 14.3. The summed E-state index contributed by atoms with van der Waals surface area (Å²) in [5.74, 6) is 1.47. The average molecular weight is 323 g/mol. The highest BCUT2D eigenvalue weighted by Crippen LogP contribution is 2.37. The Hall–Kier alpha value is -1.93. The van der Waals surface area contributed by atoms with Crippen LogP contribution in [0.3, 0.4) is 0 Å². The molecule has 0 radical (unpaired) electrons. The van der Waals surface area contributed by atoms with E-state index in [-0.39, 0.29) is 30.8 Å². The number of nitrogens with zero attached hydrogens (tertiary/aromatic N) is 4. The maximum atomic E-state index is 9.29. The smallest absolute Gasteiger partial charge is 0.246 e. The van der Waals surface area contributed by atoms with Crippen LogP contribution in [-0.4, -0.2) is 44.4 Å². The quantitative estimate of drug-likeness (QED) is 0.884. The number of nitrogens with two attached hydrogens (primary N) is 1. The van der Waals surface area contributed by atoms with Crippen LogP contribution in [0.4, 0.5) is 5.95 Å². The van der Waals surface area contributed by atoms with Gasteiger partial charge in [-0.05, 0) is 13.3 Å². The molecule has 0 bridgehead atoms. The third-order valence-electron chi connectivity index (χ3n) is 3.81. The van der Waals surface area contributed by atoms with Gasteiger partial charge in [0.1, 0.15) is 12.1 Å². The summed E-state index contributed by atoms with van der Waals surface area (Å²) in [7, 11) is 1.52. The van der Waals surface area contributed by atoms with Crippen LogP contribution in [0.5, 0.6) is 5.88 Å². The number of fused-ring (bicyclic) bond motifs is 1. The van der Waals surface area contributed by atoms with Gasteiger partial charge in [0, 0.05) is 5.92 Å². The average Bonchev–Trinajstić information content (AvgIpc) is 3.07. The fourth-order valence-corrected chi connectivity index (χ4v) is 2.87. The van der Waals surface area contributed by atoms with Crippen molar-refractivity contribution < 1.29 is 14.6 Å². The number of hydrogen-bond donors (Lipinski definition) is 2. The zero-order valence-corrected chi connectivity index (χ0v) is 14.3. The van der Waals surface area contributed by atoms with Gasteiger partial charge in [0.15, 0.2) is 11.2 Å². The Morgan fingerprint density at radius 2 is 2.04 bits per heavy atom. The molecule has 1 saturated heterocycles. The highest BCUT2D eigenvalue weighted by Gasteiger charge is 2.35. The Morgan fingerprint density at radius 3 is 2.61 bits per heavy atom. The molecule has 3 heterocycles. The Labute approximate surface area is 135 Å². The van der Waals surface area contributed by atoms with E-state index in [1.54, 1.807) is 0 Å². The molecule has 23 heavy (non-hydrogen) atoms. The van der Waals surface area contributed by atoms with Crippen molar-refractivity contribution in [3.8, 4) is 5.88 Å². The minimum absolute atomic E-state index is 0.00691. The van der Waals surface area contributed by atoms with Crippen LogP contribution in [0, 0.1) is 12.8 Å². The molecule has 0 spiro atoms. The second-order valence-corrected chi connectivity index (χ2v) is 5.34. The largest absolute Gasteiger partial charge is 0.479 e. The van der Waals surface area contributed by atoms with Gasteiger partial charge in [-0.15, -0.1) is 0 Å². The van der Waals surface area contributed by atoms with E-state index >= 15 is 0 Å². The standard InChI is InChI=1S/C13H19N5O3.C2H6/c1-6-4-8(5-19)21-12(6)18-7(2)15-9-10(18)16-13(14)17-11(9)20-3;1-2/h6,8,12,19H,4-5H2,1-3H3,(H2,14,16,17);1-2H3. The molecule has 2 aromatic heterocycles. The molecule has 0 aromatic carbocycles. The molecule has 3 rings (SSSR count). The third-order valence-corrected chi connectivity index (χ3v) is 3.81. The van der Waals surface area contributed by atoms with Crippen LogP contribution >= 0.6 is 0 Å². The number of nitrogen functional groups attached to an aromatic ring is 1. The van der Waals surface area contributed by atoms with Crippen LogP contribution in [0.25, 0.3) is 11.2 Å². The number of aromatic nitrogens is 4. The summed E-state index contributed by atoms with van der Waals surface area (Å²) in [4.78, 5) is 12.8. The van der Waals surface area contributed by atoms with E-state index in [9.17, 15) is 5.11 Å². The molecular weight excluding hydrogens is 298 g/mol. The van der Waals surface area contributed by atoms with Crippen molar-refractivity contribution in [2.24, 2.45) is 5.92 Å². The third kappa shape index (κ3) is 3.09. The molecule has 3 atom stereocenters. The summed E-state index contributed by atoms with van der Waals surface area (Å²) in [6, 6.07) is 0. The number of aryl methyl sites for hydroxylation is 1. The van der Waals surface area contributed by atoms with Crippen molar-refractivity contribution in [1.29, 1.82) is 0 Å². The fourth-order valence-electron chi connectivity index (χ4n) is 2.87. The van der Waals surface area contributed by atoms with E-state index in [0.29, 0.717) is 17.0 Å². The van der Waals surface area contributed by atoms with Gasteiger partial charge in [-0.25, -0.2) is 4.98 Å². The predicted octanol–water partition coefficient (Wildman–Crippen LogP) is 1.67. The number of aliphatic hydroxyl groups excluding tert-OH is 1. The van der Waals surface area contributed by atoms with E-state index in [2.05, 4.69) is 21.9 Å². The number of hydrogen-bond acceptors (Lipinski definition) is 7. The van der Waals surface area contributed by atoms with Crippen molar-refractivity contribution >= 4 is 17.1 Å². The first kappa shape index (κ1) is 17.4. The van der Waals surface area contributed by atoms with Crippen molar-refractivity contribution in [3.63, 3.8) is 0 Å². The highest BCUT2D eigenvalue weighted by molar-refractivity contribution is 5.78. The molecule has 2 aromatic rings. The second-order valence-electron chi connectivity index (χ2n) is 5.34. The Bertz CT molecular complexity index is 673. The van der Waals surface area contributed by atoms with Crippen molar-refractivity contribution in [1.82, 2.24) is 19.5 Å². The number of methoxy groups -OCH3 is 1. The Morgan fingerprint density at radius 1 is 1.35 bits per heavy atom. The lowest BCUT2D eigenvalue weighted by molar-refractivity contribution is -0.0303. The van der Waals surface area contributed by atoms with E-state index in [4.69, 9.17) is 15.2 Å². The van der Waals surface area contributed by atoms with Gasteiger partial charge in [-0.1, -0.05) is 20.8 Å². The van der Waals surface area contributed by atoms with Gasteiger partial charge in [-0.3, -0.25) is 4.57 Å². The zero-order chi connectivity index (χ0) is 17.1. The summed E-state index contributed by atoms with van der Waals surface area (Å²) < 4.78 is 13.0. The molecule has 8 nitrogen and oxygen atoms in total. The van der Waals surface area contributed by atoms with Gasteiger partial charge >= 0.3 is 0 Å². The Kier molecular flexibility index (Phi) is 5.38. The fraction of sp³-hybridized carbons (Fsp3) is 0.667. The van der Waals surface area contributed by atoms with Crippen molar-refractivity contribution in [2.75, 3.05) is 19.5 Å². The number of rotatable bonds is 3. The molecular formula is C15H25N5O3. The monoisotopic (exact) mass is 323 g/mol. The number of ether oxygens (including phenoxy) is 2. The van der Waals surface area contributed by atoms with E-state index < -0.39 is 0 Å². The molecule has 128 valence electrons. The van der Waals surface area contributed by atoms with Gasteiger partial charge in [0.2, 0.25) is 11.8 Å². The first-order valence-electron chi connectivity index (χ1n) is 7.87. The Balaban J connectivity index is 0.000000924. The predicted molar refractivity (Wildman–Crippen MR) is 87.1 cm³/mol. The molecule has 8 heteroatoms. The van der Waals surface area contributed by atoms with Gasteiger partial charge < -0.3 is 20.3 Å². The minimum Gasteiger partial charge on any atom is -0.479 e. The molecule has 1 fully saturated rings. The second kappa shape index (κ2) is 7.10. The van der Waals surface area contributed by atoms with Crippen LogP contribution in [-0.2, 0) is 4.74 Å². The maximum Gasteiger partial charge on any atom is 0.246 e. The lowest BCUT2D eigenvalue weighted by Gasteiger charge is -2.19. The molecule has 3 N–H and O–H groups in total. The minimum atomic E-state index is -0.230. The normalized spacial score (nSPS) is 23.7. The molecule has 3 unspecified atom stereocenters. The lowest BCUT2D eigenvalue weighted by Crippen LogP contribution is -2.17. The summed E-state index contributed by atoms with van der Waals surface area (Å²) in [6.07, 6.45) is 0.395.